The molecule has 0 bridgehead atoms. The second-order valence-electron chi connectivity index (χ2n) is 4.95. The summed E-state index contributed by atoms with van der Waals surface area (Å²) >= 11 is 11.7. The summed E-state index contributed by atoms with van der Waals surface area (Å²) in [5, 5.41) is 0.988. The van der Waals surface area contributed by atoms with Crippen LogP contribution in [0, 0.1) is 0 Å². The van der Waals surface area contributed by atoms with Crippen LogP contribution in [0.15, 0.2) is 18.2 Å². The molecule has 1 aromatic rings. The van der Waals surface area contributed by atoms with Crippen molar-refractivity contribution in [1.82, 2.24) is 0 Å². The summed E-state index contributed by atoms with van der Waals surface area (Å²) in [6, 6.07) is 5.26. The molecule has 0 saturated heterocycles. The predicted molar refractivity (Wildman–Crippen MR) is 72.7 cm³/mol. The number of carbonyl (C=O) groups excluding carboxylic acids is 1. The molecule has 0 spiro atoms. The number of hydrogen-bond donors (Lipinski definition) is 1. The van der Waals surface area contributed by atoms with Crippen LogP contribution in [0.4, 0.5) is 0 Å². The lowest BCUT2D eigenvalue weighted by atomic mass is 9.96. The fourth-order valence-corrected chi connectivity index (χ4v) is 1.75. The van der Waals surface area contributed by atoms with E-state index in [0.29, 0.717) is 29.3 Å². The van der Waals surface area contributed by atoms with Crippen LogP contribution >= 0.6 is 23.2 Å². The molecule has 1 aromatic carbocycles. The highest BCUT2D eigenvalue weighted by Gasteiger charge is 2.13. The van der Waals surface area contributed by atoms with E-state index in [1.807, 2.05) is 19.9 Å². The van der Waals surface area contributed by atoms with Crippen molar-refractivity contribution in [2.24, 2.45) is 5.73 Å². The maximum absolute atomic E-state index is 11.7. The average molecular weight is 274 g/mol. The third-order valence-electron chi connectivity index (χ3n) is 2.43. The minimum absolute atomic E-state index is 0.168. The molecule has 0 fully saturated rings. The van der Waals surface area contributed by atoms with Gasteiger partial charge in [0.25, 0.3) is 0 Å². The summed E-state index contributed by atoms with van der Waals surface area (Å²) in [5.74, 6) is 0.168. The highest BCUT2D eigenvalue weighted by Crippen LogP contribution is 2.23. The Hall–Kier alpha value is -0.570. The lowest BCUT2D eigenvalue weighted by Gasteiger charge is -2.17. The van der Waals surface area contributed by atoms with E-state index in [0.717, 1.165) is 5.56 Å². The van der Waals surface area contributed by atoms with Crippen LogP contribution in [0.5, 0.6) is 0 Å². The molecule has 0 aliphatic heterocycles. The average Bonchev–Trinajstić information content (AvgIpc) is 2.20. The van der Waals surface area contributed by atoms with Crippen molar-refractivity contribution in [1.29, 1.82) is 0 Å². The molecule has 2 nitrogen and oxygen atoms in total. The third kappa shape index (κ3) is 5.53. The second kappa shape index (κ2) is 5.85. The molecular weight excluding hydrogens is 257 g/mol. The van der Waals surface area contributed by atoms with Gasteiger partial charge < -0.3 is 5.73 Å². The molecule has 4 heteroatoms. The fraction of sp³-hybridized carbons (Fsp3) is 0.462. The Morgan fingerprint density at radius 1 is 1.29 bits per heavy atom. The minimum atomic E-state index is -0.298. The highest BCUT2D eigenvalue weighted by molar-refractivity contribution is 6.42. The Balaban J connectivity index is 2.54. The van der Waals surface area contributed by atoms with Gasteiger partial charge in [-0.2, -0.15) is 0 Å². The van der Waals surface area contributed by atoms with Crippen LogP contribution in [-0.4, -0.2) is 11.3 Å². The van der Waals surface area contributed by atoms with Gasteiger partial charge in [0, 0.05) is 18.4 Å². The fourth-order valence-electron chi connectivity index (χ4n) is 1.43. The van der Waals surface area contributed by atoms with Gasteiger partial charge in [-0.05, 0) is 38.0 Å². The Bertz CT molecular complexity index is 410. The number of hydrogen-bond acceptors (Lipinski definition) is 2. The molecule has 0 radical (unpaired) electrons. The lowest BCUT2D eigenvalue weighted by Crippen LogP contribution is -2.32. The van der Waals surface area contributed by atoms with Gasteiger partial charge in [0.15, 0.2) is 0 Å². The van der Waals surface area contributed by atoms with Crippen molar-refractivity contribution in [3.8, 4) is 0 Å². The monoisotopic (exact) mass is 273 g/mol. The maximum atomic E-state index is 11.7. The second-order valence-corrected chi connectivity index (χ2v) is 5.77. The van der Waals surface area contributed by atoms with Gasteiger partial charge >= 0.3 is 0 Å². The number of ketones is 1. The summed E-state index contributed by atoms with van der Waals surface area (Å²) in [6.45, 7) is 3.83. The lowest BCUT2D eigenvalue weighted by molar-refractivity contribution is -0.118. The third-order valence-corrected chi connectivity index (χ3v) is 3.17. The van der Waals surface area contributed by atoms with Crippen molar-refractivity contribution in [3.63, 3.8) is 0 Å². The molecule has 0 unspecified atom stereocenters. The van der Waals surface area contributed by atoms with Gasteiger partial charge in [-0.25, -0.2) is 0 Å². The van der Waals surface area contributed by atoms with E-state index < -0.39 is 0 Å². The first-order chi connectivity index (χ1) is 7.78. The molecule has 2 N–H and O–H groups in total. The van der Waals surface area contributed by atoms with Crippen LogP contribution in [0.3, 0.4) is 0 Å². The topological polar surface area (TPSA) is 43.1 Å². The number of Topliss-reactive ketones (excluding diaryl/α,β-unsaturated/α-hetero) is 1. The Kier molecular flexibility index (Phi) is 4.99. The van der Waals surface area contributed by atoms with E-state index >= 15 is 0 Å². The first-order valence-electron chi connectivity index (χ1n) is 5.52. The number of rotatable bonds is 5. The van der Waals surface area contributed by atoms with Crippen molar-refractivity contribution < 1.29 is 4.79 Å². The largest absolute Gasteiger partial charge is 0.326 e. The zero-order chi connectivity index (χ0) is 13.1. The summed E-state index contributed by atoms with van der Waals surface area (Å²) in [6.07, 6.45) is 1.56. The summed E-state index contributed by atoms with van der Waals surface area (Å²) < 4.78 is 0. The molecular formula is C13H17Cl2NO. The summed E-state index contributed by atoms with van der Waals surface area (Å²) in [7, 11) is 0. The van der Waals surface area contributed by atoms with Crippen molar-refractivity contribution >= 4 is 29.0 Å². The number of carbonyl (C=O) groups is 1. The normalized spacial score (nSPS) is 11.6. The summed E-state index contributed by atoms with van der Waals surface area (Å²) in [4.78, 5) is 11.7. The van der Waals surface area contributed by atoms with Crippen LogP contribution in [0.25, 0.3) is 0 Å². The molecule has 17 heavy (non-hydrogen) atoms. The van der Waals surface area contributed by atoms with Crippen LogP contribution in [0.1, 0.15) is 32.3 Å². The number of benzene rings is 1. The van der Waals surface area contributed by atoms with E-state index in [1.165, 1.54) is 0 Å². The molecule has 0 aromatic heterocycles. The molecule has 0 aliphatic rings. The van der Waals surface area contributed by atoms with Crippen LogP contribution in [0.2, 0.25) is 10.0 Å². The number of nitrogens with two attached hydrogens (primary N) is 1. The Labute approximate surface area is 112 Å². The van der Waals surface area contributed by atoms with Gasteiger partial charge in [0.05, 0.1) is 10.0 Å². The summed E-state index contributed by atoms with van der Waals surface area (Å²) in [5.41, 5.74) is 6.42. The molecule has 0 atom stereocenters. The molecule has 0 aliphatic carbocycles. The molecule has 0 saturated carbocycles. The molecule has 0 amide bonds. The highest BCUT2D eigenvalue weighted by atomic mass is 35.5. The zero-order valence-electron chi connectivity index (χ0n) is 10.1. The van der Waals surface area contributed by atoms with Crippen molar-refractivity contribution in [2.45, 2.75) is 38.6 Å². The smallest absolute Gasteiger partial charge is 0.137 e. The molecule has 94 valence electrons. The van der Waals surface area contributed by atoms with Crippen LogP contribution < -0.4 is 5.73 Å². The Morgan fingerprint density at radius 2 is 1.94 bits per heavy atom. The minimum Gasteiger partial charge on any atom is -0.326 e. The van der Waals surface area contributed by atoms with Gasteiger partial charge in [-0.1, -0.05) is 29.3 Å². The van der Waals surface area contributed by atoms with Crippen molar-refractivity contribution in [2.75, 3.05) is 0 Å². The van der Waals surface area contributed by atoms with E-state index in [1.54, 1.807) is 12.1 Å². The van der Waals surface area contributed by atoms with E-state index in [-0.39, 0.29) is 11.3 Å². The van der Waals surface area contributed by atoms with E-state index in [9.17, 15) is 4.79 Å². The Morgan fingerprint density at radius 3 is 2.47 bits per heavy atom. The van der Waals surface area contributed by atoms with Crippen molar-refractivity contribution in [3.05, 3.63) is 33.8 Å². The van der Waals surface area contributed by atoms with Crippen LogP contribution in [-0.2, 0) is 11.2 Å². The molecule has 1 rings (SSSR count). The number of halogens is 2. The maximum Gasteiger partial charge on any atom is 0.137 e. The first kappa shape index (κ1) is 14.5. The predicted octanol–water partition coefficient (Wildman–Crippen LogP) is 3.62. The first-order valence-corrected chi connectivity index (χ1v) is 6.28. The van der Waals surface area contributed by atoms with E-state index in [2.05, 4.69) is 0 Å². The SMILES string of the molecule is CC(C)(N)CCC(=O)Cc1ccc(Cl)c(Cl)c1. The molecule has 0 heterocycles. The van der Waals surface area contributed by atoms with Gasteiger partial charge in [0.2, 0.25) is 0 Å². The zero-order valence-corrected chi connectivity index (χ0v) is 11.6. The standard InChI is InChI=1S/C13H17Cl2NO/c1-13(2,16)6-5-10(17)7-9-3-4-11(14)12(15)8-9/h3-4,8H,5-7,16H2,1-2H3. The van der Waals surface area contributed by atoms with Gasteiger partial charge in [-0.3, -0.25) is 4.79 Å². The van der Waals surface area contributed by atoms with E-state index in [4.69, 9.17) is 28.9 Å². The quantitative estimate of drug-likeness (QED) is 0.891. The van der Waals surface area contributed by atoms with Gasteiger partial charge in [0.1, 0.15) is 5.78 Å². The van der Waals surface area contributed by atoms with Gasteiger partial charge in [-0.15, -0.1) is 0 Å².